The number of benzene rings is 1. The van der Waals surface area contributed by atoms with Crippen molar-refractivity contribution in [1.29, 1.82) is 0 Å². The van der Waals surface area contributed by atoms with Crippen molar-refractivity contribution in [1.82, 2.24) is 4.90 Å². The van der Waals surface area contributed by atoms with Gasteiger partial charge in [-0.25, -0.2) is 4.99 Å². The molecule has 0 spiro atoms. The van der Waals surface area contributed by atoms with Gasteiger partial charge in [0.1, 0.15) is 5.75 Å². The zero-order valence-electron chi connectivity index (χ0n) is 14.7. The van der Waals surface area contributed by atoms with Crippen LogP contribution in [0, 0.1) is 3.57 Å². The van der Waals surface area contributed by atoms with Gasteiger partial charge in [-0.3, -0.25) is 0 Å². The first kappa shape index (κ1) is 20.0. The lowest BCUT2D eigenvalue weighted by Gasteiger charge is -2.19. The lowest BCUT2D eigenvalue weighted by molar-refractivity contribution is 0.226. The van der Waals surface area contributed by atoms with Gasteiger partial charge in [-0.05, 0) is 55.6 Å². The van der Waals surface area contributed by atoms with E-state index in [1.807, 2.05) is 26.0 Å². The molecule has 0 saturated heterocycles. The Bertz CT molecular complexity index is 529. The molecule has 0 atom stereocenters. The van der Waals surface area contributed by atoms with Crippen LogP contribution in [0.4, 0.5) is 5.69 Å². The molecule has 0 amide bonds. The van der Waals surface area contributed by atoms with Crippen molar-refractivity contribution < 1.29 is 9.47 Å². The van der Waals surface area contributed by atoms with E-state index in [4.69, 9.17) is 15.2 Å². The number of nitrogen functional groups attached to an aromatic ring is 1. The summed E-state index contributed by atoms with van der Waals surface area (Å²) in [6.07, 6.45) is 0.0436. The minimum Gasteiger partial charge on any atom is -0.496 e. The van der Waals surface area contributed by atoms with Gasteiger partial charge in [0.05, 0.1) is 25.3 Å². The van der Waals surface area contributed by atoms with Crippen molar-refractivity contribution >= 4 is 34.2 Å². The van der Waals surface area contributed by atoms with Crippen molar-refractivity contribution in [3.05, 3.63) is 21.3 Å². The third-order valence-electron chi connectivity index (χ3n) is 3.46. The van der Waals surface area contributed by atoms with Gasteiger partial charge in [-0.15, -0.1) is 0 Å². The maximum absolute atomic E-state index is 5.97. The standard InChI is InChI=1S/C17H28IN3O2/c1-6-21(7-2)9-8-20-17(23-12(3)4)13-10-14(18)15(19)11-16(13)22-5/h10-12H,6-9,19H2,1-5H3. The topological polar surface area (TPSA) is 60.1 Å². The molecular formula is C17H28IN3O2. The molecule has 0 radical (unpaired) electrons. The van der Waals surface area contributed by atoms with E-state index in [9.17, 15) is 0 Å². The van der Waals surface area contributed by atoms with Gasteiger partial charge in [-0.1, -0.05) is 13.8 Å². The second kappa shape index (κ2) is 9.97. The molecule has 23 heavy (non-hydrogen) atoms. The highest BCUT2D eigenvalue weighted by Crippen LogP contribution is 2.28. The zero-order valence-corrected chi connectivity index (χ0v) is 16.9. The Hall–Kier alpha value is -1.02. The number of hydrogen-bond donors (Lipinski definition) is 1. The SMILES string of the molecule is CCN(CC)CCN=C(OC(C)C)c1cc(I)c(N)cc1OC. The number of likely N-dealkylation sites (N-methyl/N-ethyl adjacent to an activating group) is 1. The van der Waals surface area contributed by atoms with Gasteiger partial charge in [-0.2, -0.15) is 0 Å². The first-order valence-corrected chi connectivity index (χ1v) is 9.07. The first-order valence-electron chi connectivity index (χ1n) is 7.99. The highest BCUT2D eigenvalue weighted by molar-refractivity contribution is 14.1. The number of nitrogens with zero attached hydrogens (tertiary/aromatic N) is 2. The van der Waals surface area contributed by atoms with Crippen LogP contribution in [0.25, 0.3) is 0 Å². The summed E-state index contributed by atoms with van der Waals surface area (Å²) < 4.78 is 12.3. The maximum atomic E-state index is 5.97. The molecule has 0 bridgehead atoms. The molecule has 130 valence electrons. The lowest BCUT2D eigenvalue weighted by Crippen LogP contribution is -2.26. The Kier molecular flexibility index (Phi) is 8.68. The molecule has 0 saturated carbocycles. The van der Waals surface area contributed by atoms with E-state index >= 15 is 0 Å². The number of hydrogen-bond acceptors (Lipinski definition) is 5. The van der Waals surface area contributed by atoms with Gasteiger partial charge < -0.3 is 20.1 Å². The summed E-state index contributed by atoms with van der Waals surface area (Å²) in [7, 11) is 1.63. The lowest BCUT2D eigenvalue weighted by atomic mass is 10.1. The summed E-state index contributed by atoms with van der Waals surface area (Å²) in [6, 6.07) is 3.79. The average molecular weight is 433 g/mol. The molecule has 0 aliphatic heterocycles. The smallest absolute Gasteiger partial charge is 0.220 e. The minimum absolute atomic E-state index is 0.0436. The van der Waals surface area contributed by atoms with E-state index in [1.54, 1.807) is 7.11 Å². The normalized spacial score (nSPS) is 12.1. The quantitative estimate of drug-likeness (QED) is 0.296. The van der Waals surface area contributed by atoms with E-state index in [1.165, 1.54) is 0 Å². The highest BCUT2D eigenvalue weighted by Gasteiger charge is 2.16. The molecule has 2 N–H and O–H groups in total. The molecule has 1 aromatic rings. The summed E-state index contributed by atoms with van der Waals surface area (Å²) >= 11 is 2.21. The largest absolute Gasteiger partial charge is 0.496 e. The molecular weight excluding hydrogens is 405 g/mol. The van der Waals surface area contributed by atoms with Crippen LogP contribution in [0.3, 0.4) is 0 Å². The molecule has 0 aromatic heterocycles. The zero-order chi connectivity index (χ0) is 17.4. The molecule has 0 aliphatic carbocycles. The summed E-state index contributed by atoms with van der Waals surface area (Å²) in [6.45, 7) is 11.9. The summed E-state index contributed by atoms with van der Waals surface area (Å²) in [4.78, 5) is 7.01. The van der Waals surface area contributed by atoms with Crippen LogP contribution < -0.4 is 10.5 Å². The molecule has 1 rings (SSSR count). The number of methoxy groups -OCH3 is 1. The Labute approximate surface area is 153 Å². The second-order valence-corrected chi connectivity index (χ2v) is 6.62. The predicted molar refractivity (Wildman–Crippen MR) is 106 cm³/mol. The monoisotopic (exact) mass is 433 g/mol. The number of aliphatic imine (C=N–C) groups is 1. The molecule has 1 aromatic carbocycles. The van der Waals surface area contributed by atoms with Crippen molar-refractivity contribution in [2.75, 3.05) is 39.0 Å². The minimum atomic E-state index is 0.0436. The van der Waals surface area contributed by atoms with Crippen LogP contribution in [-0.2, 0) is 4.74 Å². The highest BCUT2D eigenvalue weighted by atomic mass is 127. The van der Waals surface area contributed by atoms with E-state index in [0.29, 0.717) is 23.9 Å². The van der Waals surface area contributed by atoms with Gasteiger partial charge in [0.2, 0.25) is 5.90 Å². The number of nitrogens with two attached hydrogens (primary N) is 1. The fourth-order valence-corrected chi connectivity index (χ4v) is 2.61. The van der Waals surface area contributed by atoms with Crippen molar-refractivity contribution in [3.63, 3.8) is 0 Å². The second-order valence-electron chi connectivity index (χ2n) is 5.45. The van der Waals surface area contributed by atoms with Crippen LogP contribution in [0.2, 0.25) is 0 Å². The maximum Gasteiger partial charge on any atom is 0.220 e. The van der Waals surface area contributed by atoms with Crippen LogP contribution in [-0.4, -0.2) is 50.2 Å². The summed E-state index contributed by atoms with van der Waals surface area (Å²) in [5, 5.41) is 0. The first-order chi connectivity index (χ1) is 10.9. The number of anilines is 1. The number of rotatable bonds is 8. The van der Waals surface area contributed by atoms with Crippen LogP contribution >= 0.6 is 22.6 Å². The van der Waals surface area contributed by atoms with Crippen molar-refractivity contribution in [3.8, 4) is 5.75 Å². The molecule has 0 fully saturated rings. The van der Waals surface area contributed by atoms with Gasteiger partial charge in [0, 0.05) is 21.9 Å². The van der Waals surface area contributed by atoms with Crippen molar-refractivity contribution in [2.45, 2.75) is 33.8 Å². The number of ether oxygens (including phenoxy) is 2. The molecule has 0 aliphatic rings. The summed E-state index contributed by atoms with van der Waals surface area (Å²) in [5.74, 6) is 1.30. The van der Waals surface area contributed by atoms with Crippen LogP contribution in [0.5, 0.6) is 5.75 Å². The van der Waals surface area contributed by atoms with E-state index in [2.05, 4.69) is 46.3 Å². The van der Waals surface area contributed by atoms with E-state index < -0.39 is 0 Å². The third-order valence-corrected chi connectivity index (χ3v) is 4.40. The predicted octanol–water partition coefficient (Wildman–Crippen LogP) is 3.40. The Morgan fingerprint density at radius 3 is 2.48 bits per heavy atom. The van der Waals surface area contributed by atoms with Gasteiger partial charge in [0.25, 0.3) is 0 Å². The Morgan fingerprint density at radius 2 is 1.96 bits per heavy atom. The Morgan fingerprint density at radius 1 is 1.30 bits per heavy atom. The van der Waals surface area contributed by atoms with E-state index in [0.717, 1.165) is 28.8 Å². The van der Waals surface area contributed by atoms with Crippen LogP contribution in [0.1, 0.15) is 33.3 Å². The molecule has 0 unspecified atom stereocenters. The van der Waals surface area contributed by atoms with Gasteiger partial charge >= 0.3 is 0 Å². The fourth-order valence-electron chi connectivity index (χ4n) is 2.15. The number of halogens is 1. The van der Waals surface area contributed by atoms with Gasteiger partial charge in [0.15, 0.2) is 0 Å². The molecule has 5 nitrogen and oxygen atoms in total. The van der Waals surface area contributed by atoms with Crippen molar-refractivity contribution in [2.24, 2.45) is 4.99 Å². The summed E-state index contributed by atoms with van der Waals surface area (Å²) in [5.41, 5.74) is 7.51. The van der Waals surface area contributed by atoms with Crippen LogP contribution in [0.15, 0.2) is 17.1 Å². The van der Waals surface area contributed by atoms with E-state index in [-0.39, 0.29) is 6.10 Å². The Balaban J connectivity index is 3.08. The molecule has 6 heteroatoms. The average Bonchev–Trinajstić information content (AvgIpc) is 2.52. The third kappa shape index (κ3) is 6.18. The fraction of sp³-hybridized carbons (Fsp3) is 0.588. The molecule has 0 heterocycles.